The largest absolute Gasteiger partial charge is 0.445 e. The van der Waals surface area contributed by atoms with Crippen LogP contribution in [0.2, 0.25) is 0 Å². The first-order valence-electron chi connectivity index (χ1n) is 9.16. The number of aliphatic hydroxyl groups is 1. The number of aliphatic hydroxyl groups excluding tert-OH is 1. The van der Waals surface area contributed by atoms with Gasteiger partial charge < -0.3 is 24.8 Å². The fraction of sp³-hybridized carbons (Fsp3) is 0.632. The third-order valence-electron chi connectivity index (χ3n) is 5.05. The molecule has 2 aliphatic rings. The minimum atomic E-state index is -0.251. The van der Waals surface area contributed by atoms with E-state index < -0.39 is 0 Å². The van der Waals surface area contributed by atoms with Gasteiger partial charge in [0.1, 0.15) is 6.61 Å². The first-order valence-corrected chi connectivity index (χ1v) is 9.16. The van der Waals surface area contributed by atoms with Gasteiger partial charge in [0, 0.05) is 38.2 Å². The first-order chi connectivity index (χ1) is 12.3. The van der Waals surface area contributed by atoms with E-state index in [-0.39, 0.29) is 30.8 Å². The molecule has 0 aromatic heterocycles. The van der Waals surface area contributed by atoms with Crippen molar-refractivity contribution in [3.8, 4) is 0 Å². The summed E-state index contributed by atoms with van der Waals surface area (Å²) in [6.45, 7) is 3.31. The van der Waals surface area contributed by atoms with Crippen LogP contribution in [0.3, 0.4) is 0 Å². The molecule has 0 spiro atoms. The number of ether oxygens (including phenoxy) is 2. The van der Waals surface area contributed by atoms with Crippen molar-refractivity contribution in [2.45, 2.75) is 38.0 Å². The Morgan fingerprint density at radius 2 is 2.16 bits per heavy atom. The Kier molecular flexibility index (Phi) is 6.67. The van der Waals surface area contributed by atoms with Gasteiger partial charge in [-0.1, -0.05) is 30.3 Å². The molecule has 3 atom stereocenters. The van der Waals surface area contributed by atoms with Crippen molar-refractivity contribution in [2.75, 3.05) is 32.8 Å². The molecule has 25 heavy (non-hydrogen) atoms. The third-order valence-corrected chi connectivity index (χ3v) is 5.05. The second kappa shape index (κ2) is 9.17. The van der Waals surface area contributed by atoms with Crippen LogP contribution in [0, 0.1) is 5.92 Å². The summed E-state index contributed by atoms with van der Waals surface area (Å²) >= 11 is 0. The smallest absolute Gasteiger partial charge is 0.410 e. The Bertz CT molecular complexity index is 531. The van der Waals surface area contributed by atoms with Gasteiger partial charge in [0.2, 0.25) is 0 Å². The number of hydrogen-bond acceptors (Lipinski definition) is 5. The number of amides is 1. The highest BCUT2D eigenvalue weighted by atomic mass is 16.6. The maximum atomic E-state index is 12.5. The number of carbonyl (C=O) groups excluding carboxylic acids is 1. The number of rotatable bonds is 5. The lowest BCUT2D eigenvalue weighted by Gasteiger charge is -2.38. The van der Waals surface area contributed by atoms with E-state index in [1.165, 1.54) is 0 Å². The van der Waals surface area contributed by atoms with E-state index in [1.807, 2.05) is 35.2 Å². The molecular formula is C19H28N2O4. The summed E-state index contributed by atoms with van der Waals surface area (Å²) in [5, 5.41) is 12.6. The average molecular weight is 348 g/mol. The fourth-order valence-electron chi connectivity index (χ4n) is 3.51. The van der Waals surface area contributed by atoms with Crippen LogP contribution in [0.1, 0.15) is 24.8 Å². The highest BCUT2D eigenvalue weighted by molar-refractivity contribution is 5.68. The predicted octanol–water partition coefficient (Wildman–Crippen LogP) is 1.77. The first kappa shape index (κ1) is 18.2. The lowest BCUT2D eigenvalue weighted by molar-refractivity contribution is -0.0457. The van der Waals surface area contributed by atoms with Crippen LogP contribution in [0.25, 0.3) is 0 Å². The Hall–Kier alpha value is -1.63. The molecule has 0 saturated carbocycles. The lowest BCUT2D eigenvalue weighted by Crippen LogP contribution is -2.55. The Balaban J connectivity index is 1.50. The SMILES string of the molecule is O=C(OCc1ccccc1)N1CCNCC1C[C@H]1CC[C@@H](CO)CO1. The Morgan fingerprint density at radius 1 is 1.32 bits per heavy atom. The Morgan fingerprint density at radius 3 is 2.88 bits per heavy atom. The van der Waals surface area contributed by atoms with Crippen LogP contribution in [-0.2, 0) is 16.1 Å². The number of benzene rings is 1. The molecule has 0 aliphatic carbocycles. The van der Waals surface area contributed by atoms with Gasteiger partial charge in [-0.05, 0) is 24.8 Å². The van der Waals surface area contributed by atoms with Crippen LogP contribution >= 0.6 is 0 Å². The van der Waals surface area contributed by atoms with Crippen LogP contribution in [0.15, 0.2) is 30.3 Å². The minimum absolute atomic E-state index is 0.0905. The zero-order valence-electron chi connectivity index (χ0n) is 14.6. The van der Waals surface area contributed by atoms with Crippen LogP contribution in [-0.4, -0.2) is 61.1 Å². The van der Waals surface area contributed by atoms with Gasteiger partial charge in [-0.3, -0.25) is 0 Å². The average Bonchev–Trinajstić information content (AvgIpc) is 2.68. The lowest BCUT2D eigenvalue weighted by atomic mass is 9.95. The number of hydrogen-bond donors (Lipinski definition) is 2. The van der Waals surface area contributed by atoms with E-state index in [0.29, 0.717) is 19.8 Å². The van der Waals surface area contributed by atoms with Gasteiger partial charge in [0.05, 0.1) is 12.7 Å². The highest BCUT2D eigenvalue weighted by Gasteiger charge is 2.31. The second-order valence-corrected chi connectivity index (χ2v) is 6.91. The van der Waals surface area contributed by atoms with E-state index >= 15 is 0 Å². The fourth-order valence-corrected chi connectivity index (χ4v) is 3.51. The number of carbonyl (C=O) groups is 1. The summed E-state index contributed by atoms with van der Waals surface area (Å²) in [7, 11) is 0. The van der Waals surface area contributed by atoms with Crippen molar-refractivity contribution in [1.82, 2.24) is 10.2 Å². The summed E-state index contributed by atoms with van der Waals surface area (Å²) < 4.78 is 11.4. The number of nitrogens with zero attached hydrogens (tertiary/aromatic N) is 1. The maximum Gasteiger partial charge on any atom is 0.410 e. The van der Waals surface area contributed by atoms with Crippen molar-refractivity contribution in [2.24, 2.45) is 5.92 Å². The molecule has 0 bridgehead atoms. The molecule has 0 radical (unpaired) electrons. The quantitative estimate of drug-likeness (QED) is 0.849. The van der Waals surface area contributed by atoms with Crippen molar-refractivity contribution in [3.63, 3.8) is 0 Å². The second-order valence-electron chi connectivity index (χ2n) is 6.91. The van der Waals surface area contributed by atoms with Crippen LogP contribution in [0.5, 0.6) is 0 Å². The van der Waals surface area contributed by atoms with Crippen molar-refractivity contribution >= 4 is 6.09 Å². The van der Waals surface area contributed by atoms with E-state index in [1.54, 1.807) is 0 Å². The van der Waals surface area contributed by atoms with Gasteiger partial charge in [-0.2, -0.15) is 0 Å². The topological polar surface area (TPSA) is 71.0 Å². The predicted molar refractivity (Wildman–Crippen MR) is 94.2 cm³/mol. The van der Waals surface area contributed by atoms with E-state index in [0.717, 1.165) is 37.9 Å². The molecule has 138 valence electrons. The summed E-state index contributed by atoms with van der Waals surface area (Å²) in [6, 6.07) is 9.83. The normalized spacial score (nSPS) is 27.1. The van der Waals surface area contributed by atoms with E-state index in [9.17, 15) is 9.90 Å². The van der Waals surface area contributed by atoms with Gasteiger partial charge in [-0.15, -0.1) is 0 Å². The minimum Gasteiger partial charge on any atom is -0.445 e. The van der Waals surface area contributed by atoms with Gasteiger partial charge in [0.15, 0.2) is 0 Å². The van der Waals surface area contributed by atoms with Gasteiger partial charge >= 0.3 is 6.09 Å². The summed E-state index contributed by atoms with van der Waals surface area (Å²) in [5.74, 6) is 0.257. The van der Waals surface area contributed by atoms with Crippen molar-refractivity contribution < 1.29 is 19.4 Å². The molecule has 3 rings (SSSR count). The molecular weight excluding hydrogens is 320 g/mol. The van der Waals surface area contributed by atoms with Crippen molar-refractivity contribution in [1.29, 1.82) is 0 Å². The molecule has 2 aliphatic heterocycles. The number of nitrogens with one attached hydrogen (secondary N) is 1. The van der Waals surface area contributed by atoms with Crippen LogP contribution in [0.4, 0.5) is 4.79 Å². The van der Waals surface area contributed by atoms with Crippen molar-refractivity contribution in [3.05, 3.63) is 35.9 Å². The molecule has 2 heterocycles. The molecule has 1 unspecified atom stereocenters. The summed E-state index contributed by atoms with van der Waals surface area (Å²) in [4.78, 5) is 14.4. The molecule has 1 amide bonds. The monoisotopic (exact) mass is 348 g/mol. The van der Waals surface area contributed by atoms with Gasteiger partial charge in [-0.25, -0.2) is 4.79 Å². The summed E-state index contributed by atoms with van der Waals surface area (Å²) in [5.41, 5.74) is 0.994. The standard InChI is InChI=1S/C19H28N2O4/c22-12-16-6-7-18(24-14-16)10-17-11-20-8-9-21(17)19(23)25-13-15-4-2-1-3-5-15/h1-5,16-18,20,22H,6-14H2/t16-,17?,18+/m0/s1. The van der Waals surface area contributed by atoms with Crippen LogP contribution < -0.4 is 5.32 Å². The molecule has 2 N–H and O–H groups in total. The molecule has 2 saturated heterocycles. The molecule has 6 heteroatoms. The van der Waals surface area contributed by atoms with E-state index in [4.69, 9.17) is 9.47 Å². The number of piperazine rings is 1. The van der Waals surface area contributed by atoms with Gasteiger partial charge in [0.25, 0.3) is 0 Å². The maximum absolute atomic E-state index is 12.5. The molecule has 2 fully saturated rings. The molecule has 6 nitrogen and oxygen atoms in total. The highest BCUT2D eigenvalue weighted by Crippen LogP contribution is 2.24. The zero-order valence-corrected chi connectivity index (χ0v) is 14.6. The molecule has 1 aromatic carbocycles. The molecule has 1 aromatic rings. The Labute approximate surface area is 149 Å². The zero-order chi connectivity index (χ0) is 17.5. The third kappa shape index (κ3) is 5.17. The summed E-state index contributed by atoms with van der Waals surface area (Å²) in [6.07, 6.45) is 2.64. The van der Waals surface area contributed by atoms with E-state index in [2.05, 4.69) is 5.32 Å².